The molecule has 0 saturated heterocycles. The zero-order valence-corrected chi connectivity index (χ0v) is 18.2. The average molecular weight is 427 g/mol. The van der Waals surface area contributed by atoms with E-state index >= 15 is 0 Å². The van der Waals surface area contributed by atoms with Crippen molar-refractivity contribution in [1.29, 1.82) is 0 Å². The summed E-state index contributed by atoms with van der Waals surface area (Å²) in [7, 11) is 1.66. The summed E-state index contributed by atoms with van der Waals surface area (Å²) >= 11 is 0. The van der Waals surface area contributed by atoms with E-state index in [2.05, 4.69) is 49.4 Å². The van der Waals surface area contributed by atoms with E-state index in [4.69, 9.17) is 14.6 Å². The van der Waals surface area contributed by atoms with Crippen LogP contribution in [0.15, 0.2) is 78.9 Å². The molecule has 3 aromatic carbocycles. The molecule has 0 aliphatic carbocycles. The second-order valence-electron chi connectivity index (χ2n) is 7.65. The Hall–Kier alpha value is -3.79. The lowest BCUT2D eigenvalue weighted by molar-refractivity contribution is -0.131. The van der Waals surface area contributed by atoms with Crippen LogP contribution in [0.25, 0.3) is 17.2 Å². The lowest BCUT2D eigenvalue weighted by Crippen LogP contribution is -2.07. The fraction of sp³-hybridized carbons (Fsp3) is 0.179. The van der Waals surface area contributed by atoms with Gasteiger partial charge < -0.3 is 14.6 Å². The first-order valence-corrected chi connectivity index (χ1v) is 10.7. The number of benzene rings is 3. The molecule has 4 nitrogen and oxygen atoms in total. The fourth-order valence-corrected chi connectivity index (χ4v) is 4.33. The lowest BCUT2D eigenvalue weighted by Gasteiger charge is -2.21. The molecule has 4 rings (SSSR count). The summed E-state index contributed by atoms with van der Waals surface area (Å²) in [5.41, 5.74) is 6.75. The summed E-state index contributed by atoms with van der Waals surface area (Å²) in [4.78, 5) is 10.9. The molecule has 0 saturated carbocycles. The van der Waals surface area contributed by atoms with Crippen LogP contribution in [0.5, 0.6) is 11.5 Å². The maximum Gasteiger partial charge on any atom is 0.328 e. The summed E-state index contributed by atoms with van der Waals surface area (Å²) in [6, 6.07) is 24.5. The summed E-state index contributed by atoms with van der Waals surface area (Å²) in [6.07, 6.45) is 3.63. The molecular weight excluding hydrogens is 400 g/mol. The Morgan fingerprint density at radius 1 is 1.03 bits per heavy atom. The first kappa shape index (κ1) is 21.4. The minimum absolute atomic E-state index is 0.0654. The van der Waals surface area contributed by atoms with Crippen molar-refractivity contribution in [2.45, 2.75) is 19.3 Å². The van der Waals surface area contributed by atoms with Crippen molar-refractivity contribution in [2.75, 3.05) is 13.7 Å². The van der Waals surface area contributed by atoms with Gasteiger partial charge in [0.05, 0.1) is 13.7 Å². The van der Waals surface area contributed by atoms with Gasteiger partial charge in [-0.3, -0.25) is 0 Å². The van der Waals surface area contributed by atoms with Gasteiger partial charge in [0.25, 0.3) is 0 Å². The Bertz CT molecular complexity index is 1160. The highest BCUT2D eigenvalue weighted by Crippen LogP contribution is 2.49. The van der Waals surface area contributed by atoms with Gasteiger partial charge in [-0.1, -0.05) is 73.7 Å². The molecule has 1 atom stereocenters. The Balaban J connectivity index is 1.87. The number of fused-ring (bicyclic) bond motifs is 1. The fourth-order valence-electron chi connectivity index (χ4n) is 4.33. The Morgan fingerprint density at radius 2 is 1.78 bits per heavy atom. The van der Waals surface area contributed by atoms with E-state index in [-0.39, 0.29) is 5.92 Å². The third-order valence-corrected chi connectivity index (χ3v) is 5.79. The molecule has 3 aromatic rings. The zero-order chi connectivity index (χ0) is 22.5. The van der Waals surface area contributed by atoms with Gasteiger partial charge in [0.1, 0.15) is 0 Å². The third kappa shape index (κ3) is 4.30. The van der Waals surface area contributed by atoms with E-state index in [1.807, 2.05) is 30.3 Å². The van der Waals surface area contributed by atoms with Crippen LogP contribution in [0.3, 0.4) is 0 Å². The van der Waals surface area contributed by atoms with E-state index in [1.165, 1.54) is 16.7 Å². The van der Waals surface area contributed by atoms with Gasteiger partial charge in [-0.2, -0.15) is 0 Å². The van der Waals surface area contributed by atoms with Crippen LogP contribution in [0.4, 0.5) is 0 Å². The van der Waals surface area contributed by atoms with Crippen molar-refractivity contribution in [3.05, 3.63) is 101 Å². The van der Waals surface area contributed by atoms with Crippen LogP contribution in [0, 0.1) is 0 Å². The minimum atomic E-state index is -0.958. The van der Waals surface area contributed by atoms with Crippen LogP contribution in [0.1, 0.15) is 41.5 Å². The molecule has 0 radical (unpaired) electrons. The first-order chi connectivity index (χ1) is 15.6. The maximum atomic E-state index is 10.9. The van der Waals surface area contributed by atoms with Gasteiger partial charge in [-0.15, -0.1) is 0 Å². The number of methoxy groups -OCH3 is 1. The van der Waals surface area contributed by atoms with E-state index in [1.54, 1.807) is 13.2 Å². The Labute approximate surface area is 188 Å². The lowest BCUT2D eigenvalue weighted by atomic mass is 9.81. The molecule has 1 aliphatic heterocycles. The largest absolute Gasteiger partial charge is 0.493 e. The molecule has 0 amide bonds. The number of rotatable bonds is 7. The number of carboxylic acid groups (broad SMARTS) is 1. The number of hydrogen-bond acceptors (Lipinski definition) is 3. The van der Waals surface area contributed by atoms with Gasteiger partial charge in [0.2, 0.25) is 0 Å². The predicted molar refractivity (Wildman–Crippen MR) is 128 cm³/mol. The number of allylic oxidation sites excluding steroid dienone is 1. The summed E-state index contributed by atoms with van der Waals surface area (Å²) < 4.78 is 11.6. The normalized spacial score (nSPS) is 15.8. The van der Waals surface area contributed by atoms with Gasteiger partial charge in [-0.05, 0) is 46.4 Å². The van der Waals surface area contributed by atoms with Crippen molar-refractivity contribution in [2.24, 2.45) is 0 Å². The van der Waals surface area contributed by atoms with Crippen LogP contribution >= 0.6 is 0 Å². The molecule has 162 valence electrons. The topological polar surface area (TPSA) is 55.8 Å². The van der Waals surface area contributed by atoms with E-state index in [9.17, 15) is 4.79 Å². The molecule has 1 aliphatic rings. The minimum Gasteiger partial charge on any atom is -0.493 e. The van der Waals surface area contributed by atoms with E-state index in [0.29, 0.717) is 6.61 Å². The van der Waals surface area contributed by atoms with Crippen LogP contribution in [0.2, 0.25) is 0 Å². The molecule has 4 heteroatoms. The monoisotopic (exact) mass is 426 g/mol. The number of carbonyl (C=O) groups is 1. The molecule has 0 spiro atoms. The average Bonchev–Trinajstić information content (AvgIpc) is 3.26. The van der Waals surface area contributed by atoms with Gasteiger partial charge in [-0.25, -0.2) is 4.79 Å². The molecule has 1 heterocycles. The van der Waals surface area contributed by atoms with E-state index < -0.39 is 5.97 Å². The van der Waals surface area contributed by atoms with Crippen molar-refractivity contribution < 1.29 is 19.4 Å². The van der Waals surface area contributed by atoms with Crippen molar-refractivity contribution in [3.8, 4) is 11.5 Å². The first-order valence-electron chi connectivity index (χ1n) is 10.7. The number of para-hydroxylation sites is 1. The molecule has 0 fully saturated rings. The number of aliphatic carboxylic acids is 1. The van der Waals surface area contributed by atoms with Gasteiger partial charge >= 0.3 is 5.97 Å². The Morgan fingerprint density at radius 3 is 2.44 bits per heavy atom. The number of ether oxygens (including phenoxy) is 2. The Kier molecular flexibility index (Phi) is 6.41. The molecule has 0 bridgehead atoms. The second-order valence-corrected chi connectivity index (χ2v) is 7.65. The number of hydrogen-bond donors (Lipinski definition) is 1. The molecule has 1 N–H and O–H groups in total. The highest BCUT2D eigenvalue weighted by molar-refractivity contribution is 5.94. The standard InChI is InChI=1S/C28H26O4/c1-3-22(20-8-5-4-6-9-20)27(21-15-12-19(13-16-21)14-17-26(29)30)24-18-32-28-23(24)10-7-11-25(28)31-2/h4-17,24H,3,18H2,1-2H3,(H,29,30)/b17-14+,27-22+. The second kappa shape index (κ2) is 9.56. The smallest absolute Gasteiger partial charge is 0.328 e. The summed E-state index contributed by atoms with van der Waals surface area (Å²) in [5.74, 6) is 0.662. The SMILES string of the molecule is CC/C(=C(/c1ccc(/C=C/C(=O)O)cc1)C1COc2c(OC)cccc21)c1ccccc1. The van der Waals surface area contributed by atoms with Crippen LogP contribution in [-0.4, -0.2) is 24.8 Å². The number of carboxylic acids is 1. The van der Waals surface area contributed by atoms with E-state index in [0.717, 1.165) is 40.7 Å². The van der Waals surface area contributed by atoms with Gasteiger partial charge in [0, 0.05) is 17.6 Å². The van der Waals surface area contributed by atoms with Gasteiger partial charge in [0.15, 0.2) is 11.5 Å². The third-order valence-electron chi connectivity index (χ3n) is 5.79. The van der Waals surface area contributed by atoms with Crippen LogP contribution < -0.4 is 9.47 Å². The van der Waals surface area contributed by atoms with Crippen molar-refractivity contribution >= 4 is 23.2 Å². The molecule has 1 unspecified atom stereocenters. The van der Waals surface area contributed by atoms with Crippen LogP contribution in [-0.2, 0) is 4.79 Å². The highest BCUT2D eigenvalue weighted by Gasteiger charge is 2.32. The highest BCUT2D eigenvalue weighted by atomic mass is 16.5. The zero-order valence-electron chi connectivity index (χ0n) is 18.2. The predicted octanol–water partition coefficient (Wildman–Crippen LogP) is 6.29. The molecular formula is C28H26O4. The van der Waals surface area contributed by atoms with Crippen molar-refractivity contribution in [1.82, 2.24) is 0 Å². The quantitative estimate of drug-likeness (QED) is 0.356. The molecule has 32 heavy (non-hydrogen) atoms. The maximum absolute atomic E-state index is 10.9. The summed E-state index contributed by atoms with van der Waals surface area (Å²) in [5, 5.41) is 8.91. The van der Waals surface area contributed by atoms with Crippen molar-refractivity contribution in [3.63, 3.8) is 0 Å². The molecule has 0 aromatic heterocycles. The summed E-state index contributed by atoms with van der Waals surface area (Å²) in [6.45, 7) is 2.72.